The van der Waals surface area contributed by atoms with Crippen LogP contribution in [0.1, 0.15) is 22.8 Å². The van der Waals surface area contributed by atoms with Gasteiger partial charge in [-0.25, -0.2) is 9.78 Å². The van der Waals surface area contributed by atoms with Crippen LogP contribution in [0.5, 0.6) is 5.88 Å². The Morgan fingerprint density at radius 1 is 1.20 bits per heavy atom. The summed E-state index contributed by atoms with van der Waals surface area (Å²) in [6.07, 6.45) is 1.44. The molecule has 2 rings (SSSR count). The van der Waals surface area contributed by atoms with E-state index in [1.807, 2.05) is 12.1 Å². The van der Waals surface area contributed by atoms with Gasteiger partial charge in [0.15, 0.2) is 0 Å². The van der Waals surface area contributed by atoms with E-state index in [-0.39, 0.29) is 5.97 Å². The number of hydrogen-bond donors (Lipinski definition) is 0. The van der Waals surface area contributed by atoms with Crippen molar-refractivity contribution in [3.63, 3.8) is 0 Å². The van der Waals surface area contributed by atoms with E-state index in [4.69, 9.17) is 21.1 Å². The van der Waals surface area contributed by atoms with Gasteiger partial charge in [-0.05, 0) is 30.7 Å². The second-order valence-corrected chi connectivity index (χ2v) is 4.46. The maximum Gasteiger partial charge on any atom is 0.339 e. The Kier molecular flexibility index (Phi) is 4.96. The Bertz CT molecular complexity index is 567. The fraction of sp³-hybridized carbons (Fsp3) is 0.200. The fourth-order valence-electron chi connectivity index (χ4n) is 1.54. The van der Waals surface area contributed by atoms with Crippen molar-refractivity contribution in [3.8, 4) is 5.88 Å². The smallest absolute Gasteiger partial charge is 0.339 e. The lowest BCUT2D eigenvalue weighted by Crippen LogP contribution is -2.05. The third kappa shape index (κ3) is 3.96. The molecular weight excluding hydrogens is 278 g/mol. The van der Waals surface area contributed by atoms with Crippen molar-refractivity contribution in [1.29, 1.82) is 0 Å². The van der Waals surface area contributed by atoms with Gasteiger partial charge in [0.25, 0.3) is 0 Å². The van der Waals surface area contributed by atoms with E-state index < -0.39 is 0 Å². The molecule has 0 unspecified atom stereocenters. The van der Waals surface area contributed by atoms with Crippen molar-refractivity contribution >= 4 is 17.6 Å². The van der Waals surface area contributed by atoms with Crippen LogP contribution >= 0.6 is 11.6 Å². The number of aromatic nitrogens is 1. The number of hydrogen-bond acceptors (Lipinski definition) is 4. The van der Waals surface area contributed by atoms with Gasteiger partial charge < -0.3 is 9.47 Å². The number of halogens is 1. The second kappa shape index (κ2) is 6.91. The van der Waals surface area contributed by atoms with Crippen molar-refractivity contribution in [1.82, 2.24) is 4.98 Å². The number of benzene rings is 1. The van der Waals surface area contributed by atoms with Crippen molar-refractivity contribution in [3.05, 3.63) is 58.7 Å². The minimum Gasteiger partial charge on any atom is -0.473 e. The van der Waals surface area contributed by atoms with E-state index in [0.29, 0.717) is 29.7 Å². The molecule has 0 radical (unpaired) electrons. The zero-order valence-electron chi connectivity index (χ0n) is 11.0. The summed E-state index contributed by atoms with van der Waals surface area (Å²) in [6.45, 7) is 2.49. The Morgan fingerprint density at radius 3 is 2.55 bits per heavy atom. The highest BCUT2D eigenvalue weighted by atomic mass is 35.5. The van der Waals surface area contributed by atoms with Crippen LogP contribution < -0.4 is 4.74 Å². The van der Waals surface area contributed by atoms with Gasteiger partial charge in [-0.3, -0.25) is 0 Å². The van der Waals surface area contributed by atoms with Gasteiger partial charge >= 0.3 is 5.97 Å². The molecule has 104 valence electrons. The zero-order chi connectivity index (χ0) is 14.4. The molecule has 0 bridgehead atoms. The number of ether oxygens (including phenoxy) is 2. The average molecular weight is 292 g/mol. The lowest BCUT2D eigenvalue weighted by molar-refractivity contribution is 0.0526. The Hall–Kier alpha value is -2.07. The number of esters is 1. The molecule has 0 aliphatic carbocycles. The number of rotatable bonds is 5. The molecule has 1 heterocycles. The molecule has 5 heteroatoms. The van der Waals surface area contributed by atoms with Crippen molar-refractivity contribution < 1.29 is 14.3 Å². The summed E-state index contributed by atoms with van der Waals surface area (Å²) in [5.41, 5.74) is 1.40. The molecule has 4 nitrogen and oxygen atoms in total. The maximum atomic E-state index is 11.5. The van der Waals surface area contributed by atoms with Crippen LogP contribution in [0.25, 0.3) is 0 Å². The molecule has 20 heavy (non-hydrogen) atoms. The van der Waals surface area contributed by atoms with Crippen LogP contribution in [0.3, 0.4) is 0 Å². The first-order chi connectivity index (χ1) is 9.69. The first kappa shape index (κ1) is 14.3. The molecule has 1 aromatic heterocycles. The van der Waals surface area contributed by atoms with Crippen molar-refractivity contribution in [2.75, 3.05) is 6.61 Å². The van der Waals surface area contributed by atoms with E-state index in [0.717, 1.165) is 5.56 Å². The van der Waals surface area contributed by atoms with Crippen LogP contribution in [0.4, 0.5) is 0 Å². The van der Waals surface area contributed by atoms with E-state index in [1.165, 1.54) is 6.20 Å². The number of carbonyl (C=O) groups is 1. The number of nitrogens with zero attached hydrogens (tertiary/aromatic N) is 1. The van der Waals surface area contributed by atoms with Gasteiger partial charge in [-0.1, -0.05) is 23.7 Å². The molecule has 0 saturated heterocycles. The third-order valence-electron chi connectivity index (χ3n) is 2.55. The monoisotopic (exact) mass is 291 g/mol. The van der Waals surface area contributed by atoms with E-state index >= 15 is 0 Å². The highest BCUT2D eigenvalue weighted by molar-refractivity contribution is 6.30. The van der Waals surface area contributed by atoms with Gasteiger partial charge in [-0.15, -0.1) is 0 Å². The first-order valence-corrected chi connectivity index (χ1v) is 6.57. The van der Waals surface area contributed by atoms with Crippen molar-refractivity contribution in [2.45, 2.75) is 13.5 Å². The van der Waals surface area contributed by atoms with Gasteiger partial charge in [0.05, 0.1) is 12.2 Å². The van der Waals surface area contributed by atoms with Crippen LogP contribution in [0.2, 0.25) is 5.02 Å². The molecule has 0 atom stereocenters. The molecule has 0 aliphatic heterocycles. The van der Waals surface area contributed by atoms with Crippen LogP contribution in [-0.2, 0) is 11.3 Å². The summed E-state index contributed by atoms with van der Waals surface area (Å²) < 4.78 is 10.4. The molecular formula is C15H14ClNO3. The molecule has 0 fully saturated rings. The Morgan fingerprint density at radius 2 is 1.95 bits per heavy atom. The van der Waals surface area contributed by atoms with Gasteiger partial charge in [-0.2, -0.15) is 0 Å². The zero-order valence-corrected chi connectivity index (χ0v) is 11.8. The quantitative estimate of drug-likeness (QED) is 0.791. The van der Waals surface area contributed by atoms with Crippen LogP contribution in [-0.4, -0.2) is 17.6 Å². The largest absolute Gasteiger partial charge is 0.473 e. The third-order valence-corrected chi connectivity index (χ3v) is 2.80. The first-order valence-electron chi connectivity index (χ1n) is 6.19. The summed E-state index contributed by atoms with van der Waals surface area (Å²) in [7, 11) is 0. The van der Waals surface area contributed by atoms with Gasteiger partial charge in [0.1, 0.15) is 6.61 Å². The number of pyridine rings is 1. The topological polar surface area (TPSA) is 48.4 Å². The SMILES string of the molecule is CCOC(=O)c1ccc(OCc2ccc(Cl)cc2)nc1. The molecule has 0 spiro atoms. The van der Waals surface area contributed by atoms with E-state index in [9.17, 15) is 4.79 Å². The highest BCUT2D eigenvalue weighted by Gasteiger charge is 2.07. The lowest BCUT2D eigenvalue weighted by atomic mass is 10.2. The average Bonchev–Trinajstić information content (AvgIpc) is 2.47. The van der Waals surface area contributed by atoms with E-state index in [1.54, 1.807) is 31.2 Å². The second-order valence-electron chi connectivity index (χ2n) is 4.02. The summed E-state index contributed by atoms with van der Waals surface area (Å²) >= 11 is 5.80. The molecule has 0 amide bonds. The summed E-state index contributed by atoms with van der Waals surface area (Å²) in [5.74, 6) is 0.0669. The molecule has 1 aromatic carbocycles. The lowest BCUT2D eigenvalue weighted by Gasteiger charge is -2.06. The van der Waals surface area contributed by atoms with Crippen LogP contribution in [0.15, 0.2) is 42.6 Å². The van der Waals surface area contributed by atoms with Crippen molar-refractivity contribution in [2.24, 2.45) is 0 Å². The fourth-order valence-corrected chi connectivity index (χ4v) is 1.66. The summed E-state index contributed by atoms with van der Waals surface area (Å²) in [4.78, 5) is 15.5. The minimum absolute atomic E-state index is 0.341. The van der Waals surface area contributed by atoms with E-state index in [2.05, 4.69) is 4.98 Å². The van der Waals surface area contributed by atoms with Crippen LogP contribution in [0, 0.1) is 0 Å². The van der Waals surface area contributed by atoms with Gasteiger partial charge in [0, 0.05) is 17.3 Å². The predicted molar refractivity (Wildman–Crippen MR) is 76.0 cm³/mol. The summed E-state index contributed by atoms with van der Waals surface area (Å²) in [6, 6.07) is 10.6. The molecule has 0 N–H and O–H groups in total. The predicted octanol–water partition coefficient (Wildman–Crippen LogP) is 3.49. The summed E-state index contributed by atoms with van der Waals surface area (Å²) in [5, 5.41) is 0.686. The molecule has 0 aliphatic rings. The molecule has 2 aromatic rings. The standard InChI is InChI=1S/C15H14ClNO3/c1-2-19-15(18)12-5-8-14(17-9-12)20-10-11-3-6-13(16)7-4-11/h3-9H,2,10H2,1H3. The van der Waals surface area contributed by atoms with Gasteiger partial charge in [0.2, 0.25) is 5.88 Å². The number of carbonyl (C=O) groups excluding carboxylic acids is 1. The molecule has 0 saturated carbocycles. The maximum absolute atomic E-state index is 11.5. The Labute approximate surface area is 122 Å². The normalized spacial score (nSPS) is 10.1. The minimum atomic E-state index is -0.385. The Balaban J connectivity index is 1.93. The highest BCUT2D eigenvalue weighted by Crippen LogP contribution is 2.13.